The van der Waals surface area contributed by atoms with Crippen molar-refractivity contribution >= 4 is 5.82 Å². The molecule has 2 heterocycles. The van der Waals surface area contributed by atoms with Gasteiger partial charge in [0, 0.05) is 17.3 Å². The zero-order valence-electron chi connectivity index (χ0n) is 22.0. The van der Waals surface area contributed by atoms with Crippen LogP contribution in [0.5, 0.6) is 11.5 Å². The third kappa shape index (κ3) is 4.40. The van der Waals surface area contributed by atoms with Crippen molar-refractivity contribution in [2.75, 3.05) is 20.0 Å². The number of methoxy groups -OCH3 is 2. The number of hydrogen-bond donors (Lipinski definition) is 4. The number of nitrogens with two attached hydrogens (primary N) is 1. The molecule has 0 radical (unpaired) electrons. The molecule has 5 rings (SSSR count). The number of rotatable bonds is 8. The lowest BCUT2D eigenvalue weighted by Crippen LogP contribution is -2.52. The van der Waals surface area contributed by atoms with Gasteiger partial charge >= 0.3 is 5.69 Å². The van der Waals surface area contributed by atoms with E-state index in [9.17, 15) is 20.1 Å². The molecule has 1 saturated heterocycles. The van der Waals surface area contributed by atoms with Crippen LogP contribution in [0.4, 0.5) is 5.82 Å². The van der Waals surface area contributed by atoms with Crippen LogP contribution in [0.25, 0.3) is 0 Å². The van der Waals surface area contributed by atoms with Gasteiger partial charge in [0.2, 0.25) is 0 Å². The Balaban J connectivity index is 1.77. The van der Waals surface area contributed by atoms with E-state index in [0.717, 1.165) is 4.57 Å². The van der Waals surface area contributed by atoms with Crippen LogP contribution in [0.15, 0.2) is 95.9 Å². The Morgan fingerprint density at radius 2 is 1.43 bits per heavy atom. The standard InChI is InChI=1S/C30H31N3O7/c1-38-21-14-8-6-12-19(21)30(18-10-4-3-5-11-18,20-13-7-9-15-22(20)39-2)27(36)26-24(34)25(35)28(40-26)33-17-16-23(31)32-29(33)37/h3-17,24-28,34-36H,1-2H3,(H2,31,32,37)/t24-,25+,26-,27?,28+/m0/s1. The molecular weight excluding hydrogens is 514 g/mol. The zero-order valence-corrected chi connectivity index (χ0v) is 22.0. The fraction of sp³-hybridized carbons (Fsp3) is 0.267. The molecular formula is C30H31N3O7. The number of anilines is 1. The first-order valence-corrected chi connectivity index (χ1v) is 12.7. The zero-order chi connectivity index (χ0) is 28.4. The summed E-state index contributed by atoms with van der Waals surface area (Å²) in [7, 11) is 3.06. The average Bonchev–Trinajstić information content (AvgIpc) is 3.28. The molecule has 0 amide bonds. The van der Waals surface area contributed by atoms with Crippen molar-refractivity contribution in [1.82, 2.24) is 9.55 Å². The van der Waals surface area contributed by atoms with Gasteiger partial charge in [-0.3, -0.25) is 4.57 Å². The number of aromatic nitrogens is 2. The summed E-state index contributed by atoms with van der Waals surface area (Å²) in [5.41, 5.74) is 5.21. The van der Waals surface area contributed by atoms with Crippen molar-refractivity contribution in [2.45, 2.75) is 36.1 Å². The van der Waals surface area contributed by atoms with Crippen molar-refractivity contribution in [2.24, 2.45) is 0 Å². The highest BCUT2D eigenvalue weighted by Crippen LogP contribution is 2.51. The Kier molecular flexibility index (Phi) is 7.59. The highest BCUT2D eigenvalue weighted by atomic mass is 16.6. The molecule has 0 spiro atoms. The van der Waals surface area contributed by atoms with Crippen LogP contribution in [0.1, 0.15) is 22.9 Å². The van der Waals surface area contributed by atoms with Gasteiger partial charge < -0.3 is 35.3 Å². The number of para-hydroxylation sites is 2. The maximum atomic E-state index is 12.6. The molecule has 1 aliphatic rings. The summed E-state index contributed by atoms with van der Waals surface area (Å²) in [6.07, 6.45) is -6.07. The molecule has 1 unspecified atom stereocenters. The molecule has 40 heavy (non-hydrogen) atoms. The van der Waals surface area contributed by atoms with E-state index in [1.54, 1.807) is 12.1 Å². The second-order valence-corrected chi connectivity index (χ2v) is 9.53. The normalized spacial score (nSPS) is 21.6. The SMILES string of the molecule is COc1ccccc1C(c1ccccc1)(c1ccccc1OC)C(O)[C@H]1O[C@@H](n2ccc(N)nc2=O)[C@H](O)[C@@H]1O. The Hall–Kier alpha value is -4.22. The van der Waals surface area contributed by atoms with E-state index >= 15 is 0 Å². The average molecular weight is 546 g/mol. The summed E-state index contributed by atoms with van der Waals surface area (Å²) >= 11 is 0. The molecule has 5 atom stereocenters. The Labute approximate surface area is 230 Å². The molecule has 208 valence electrons. The summed E-state index contributed by atoms with van der Waals surface area (Å²) < 4.78 is 18.7. The largest absolute Gasteiger partial charge is 0.496 e. The van der Waals surface area contributed by atoms with Gasteiger partial charge in [0.15, 0.2) is 6.23 Å². The van der Waals surface area contributed by atoms with Crippen molar-refractivity contribution in [3.63, 3.8) is 0 Å². The second-order valence-electron chi connectivity index (χ2n) is 9.53. The van der Waals surface area contributed by atoms with Crippen LogP contribution >= 0.6 is 0 Å². The molecule has 3 aromatic carbocycles. The third-order valence-corrected chi connectivity index (χ3v) is 7.45. The molecule has 10 nitrogen and oxygen atoms in total. The van der Waals surface area contributed by atoms with Gasteiger partial charge in [-0.2, -0.15) is 4.98 Å². The number of benzene rings is 3. The Bertz CT molecular complexity index is 1480. The quantitative estimate of drug-likeness (QED) is 0.243. The minimum Gasteiger partial charge on any atom is -0.496 e. The summed E-state index contributed by atoms with van der Waals surface area (Å²) in [6.45, 7) is 0. The molecule has 0 bridgehead atoms. The molecule has 0 aliphatic carbocycles. The summed E-state index contributed by atoms with van der Waals surface area (Å²) in [4.78, 5) is 16.3. The number of nitrogens with zero attached hydrogens (tertiary/aromatic N) is 2. The number of aliphatic hydroxyl groups excluding tert-OH is 3. The first kappa shape index (κ1) is 27.4. The Morgan fingerprint density at radius 3 is 1.98 bits per heavy atom. The van der Waals surface area contributed by atoms with Crippen molar-refractivity contribution in [3.8, 4) is 11.5 Å². The first-order chi connectivity index (χ1) is 19.3. The van der Waals surface area contributed by atoms with E-state index in [0.29, 0.717) is 28.2 Å². The maximum Gasteiger partial charge on any atom is 0.351 e. The predicted octanol–water partition coefficient (Wildman–Crippen LogP) is 1.86. The van der Waals surface area contributed by atoms with Crippen LogP contribution in [-0.2, 0) is 10.2 Å². The number of ether oxygens (including phenoxy) is 3. The number of nitrogen functional groups attached to an aromatic ring is 1. The van der Waals surface area contributed by atoms with Crippen LogP contribution < -0.4 is 20.9 Å². The molecule has 10 heteroatoms. The van der Waals surface area contributed by atoms with E-state index in [4.69, 9.17) is 19.9 Å². The van der Waals surface area contributed by atoms with Gasteiger partial charge in [0.1, 0.15) is 41.7 Å². The van der Waals surface area contributed by atoms with Crippen LogP contribution in [-0.4, -0.2) is 63.5 Å². The molecule has 1 fully saturated rings. The fourth-order valence-electron chi connectivity index (χ4n) is 5.63. The van der Waals surface area contributed by atoms with Crippen LogP contribution in [0.2, 0.25) is 0 Å². The van der Waals surface area contributed by atoms with Crippen LogP contribution in [0.3, 0.4) is 0 Å². The summed E-state index contributed by atoms with van der Waals surface area (Å²) in [5, 5.41) is 34.8. The van der Waals surface area contributed by atoms with E-state index in [1.807, 2.05) is 66.7 Å². The molecule has 5 N–H and O–H groups in total. The predicted molar refractivity (Wildman–Crippen MR) is 147 cm³/mol. The molecule has 1 aromatic heterocycles. The first-order valence-electron chi connectivity index (χ1n) is 12.7. The van der Waals surface area contributed by atoms with Gasteiger partial charge in [0.05, 0.1) is 19.6 Å². The van der Waals surface area contributed by atoms with Crippen LogP contribution in [0, 0.1) is 0 Å². The van der Waals surface area contributed by atoms with Crippen molar-refractivity contribution in [1.29, 1.82) is 0 Å². The summed E-state index contributed by atoms with van der Waals surface area (Å²) in [6, 6.07) is 25.1. The smallest absolute Gasteiger partial charge is 0.351 e. The highest BCUT2D eigenvalue weighted by Gasteiger charge is 2.56. The fourth-order valence-corrected chi connectivity index (χ4v) is 5.63. The van der Waals surface area contributed by atoms with Gasteiger partial charge in [-0.25, -0.2) is 4.79 Å². The summed E-state index contributed by atoms with van der Waals surface area (Å²) in [5.74, 6) is 0.945. The van der Waals surface area contributed by atoms with Gasteiger partial charge in [0.25, 0.3) is 0 Å². The third-order valence-electron chi connectivity index (χ3n) is 7.45. The highest BCUT2D eigenvalue weighted by molar-refractivity contribution is 5.60. The topological polar surface area (TPSA) is 149 Å². The lowest BCUT2D eigenvalue weighted by Gasteiger charge is -2.43. The van der Waals surface area contributed by atoms with E-state index in [2.05, 4.69) is 4.98 Å². The Morgan fingerprint density at radius 1 is 0.875 bits per heavy atom. The molecule has 0 saturated carbocycles. The molecule has 1 aliphatic heterocycles. The van der Waals surface area contributed by atoms with Gasteiger partial charge in [-0.1, -0.05) is 66.7 Å². The minimum atomic E-state index is -1.59. The van der Waals surface area contributed by atoms with E-state index in [-0.39, 0.29) is 5.82 Å². The van der Waals surface area contributed by atoms with Gasteiger partial charge in [-0.15, -0.1) is 0 Å². The van der Waals surface area contributed by atoms with Crippen molar-refractivity contribution < 1.29 is 29.5 Å². The van der Waals surface area contributed by atoms with Gasteiger partial charge in [-0.05, 0) is 23.8 Å². The monoisotopic (exact) mass is 545 g/mol. The number of aliphatic hydroxyl groups is 3. The maximum absolute atomic E-state index is 12.6. The van der Waals surface area contributed by atoms with E-state index in [1.165, 1.54) is 26.5 Å². The van der Waals surface area contributed by atoms with E-state index < -0.39 is 41.7 Å². The van der Waals surface area contributed by atoms with Crippen molar-refractivity contribution in [3.05, 3.63) is 118 Å². The minimum absolute atomic E-state index is 0.00121. The second kappa shape index (κ2) is 11.1. The lowest BCUT2D eigenvalue weighted by molar-refractivity contribution is -0.0995. The lowest BCUT2D eigenvalue weighted by atomic mass is 9.63. The number of hydrogen-bond acceptors (Lipinski definition) is 9. The molecule has 4 aromatic rings.